The van der Waals surface area contributed by atoms with Gasteiger partial charge in [-0.2, -0.15) is 9.40 Å². The van der Waals surface area contributed by atoms with Crippen molar-refractivity contribution in [1.29, 1.82) is 0 Å². The van der Waals surface area contributed by atoms with Crippen LogP contribution in [0.3, 0.4) is 0 Å². The highest BCUT2D eigenvalue weighted by atomic mass is 32.2. The topological polar surface area (TPSA) is 97.4 Å². The van der Waals surface area contributed by atoms with Crippen LogP contribution in [0.25, 0.3) is 0 Å². The summed E-state index contributed by atoms with van der Waals surface area (Å²) in [7, 11) is -2.26. The van der Waals surface area contributed by atoms with Crippen molar-refractivity contribution in [2.75, 3.05) is 13.6 Å². The van der Waals surface area contributed by atoms with Gasteiger partial charge in [0.15, 0.2) is 0 Å². The van der Waals surface area contributed by atoms with E-state index in [-0.39, 0.29) is 23.9 Å². The molecule has 2 aromatic rings. The van der Waals surface area contributed by atoms with E-state index in [2.05, 4.69) is 10.4 Å². The number of furan rings is 1. The Morgan fingerprint density at radius 2 is 2.12 bits per heavy atom. The summed E-state index contributed by atoms with van der Waals surface area (Å²) in [5.41, 5.74) is 0.814. The smallest absolute Gasteiger partial charge is 0.246 e. The van der Waals surface area contributed by atoms with Gasteiger partial charge in [0.05, 0.1) is 24.2 Å². The SMILES string of the molecule is CCCCNC(=O)Cn1nc(C)c(S(=O)(=O)N(C)Cc2ccco2)c1C. The first-order valence-electron chi connectivity index (χ1n) is 8.56. The number of carbonyl (C=O) groups excluding carboxylic acids is 1. The van der Waals surface area contributed by atoms with Gasteiger partial charge in [-0.1, -0.05) is 13.3 Å². The maximum Gasteiger partial charge on any atom is 0.246 e. The summed E-state index contributed by atoms with van der Waals surface area (Å²) in [6.07, 6.45) is 3.39. The summed E-state index contributed by atoms with van der Waals surface area (Å²) in [5.74, 6) is 0.367. The average Bonchev–Trinajstić information content (AvgIpc) is 3.16. The summed E-state index contributed by atoms with van der Waals surface area (Å²) in [5, 5.41) is 7.06. The van der Waals surface area contributed by atoms with E-state index in [1.165, 1.54) is 22.3 Å². The highest BCUT2D eigenvalue weighted by Crippen LogP contribution is 2.24. The molecular formula is C17H26N4O4S. The predicted molar refractivity (Wildman–Crippen MR) is 97.0 cm³/mol. The molecule has 0 fully saturated rings. The number of hydrogen-bond acceptors (Lipinski definition) is 5. The lowest BCUT2D eigenvalue weighted by atomic mass is 10.3. The number of hydrogen-bond donors (Lipinski definition) is 1. The molecule has 0 saturated carbocycles. The summed E-state index contributed by atoms with van der Waals surface area (Å²) < 4.78 is 33.8. The largest absolute Gasteiger partial charge is 0.468 e. The Morgan fingerprint density at radius 3 is 2.73 bits per heavy atom. The molecule has 2 aromatic heterocycles. The molecule has 1 amide bonds. The molecule has 0 atom stereocenters. The second-order valence-electron chi connectivity index (χ2n) is 6.20. The molecule has 2 heterocycles. The fourth-order valence-electron chi connectivity index (χ4n) is 2.67. The summed E-state index contributed by atoms with van der Waals surface area (Å²) >= 11 is 0. The fraction of sp³-hybridized carbons (Fsp3) is 0.529. The minimum absolute atomic E-state index is 0.00615. The normalized spacial score (nSPS) is 11.9. The Balaban J connectivity index is 2.18. The van der Waals surface area contributed by atoms with E-state index in [0.29, 0.717) is 23.7 Å². The van der Waals surface area contributed by atoms with Gasteiger partial charge in [0.1, 0.15) is 17.2 Å². The van der Waals surface area contributed by atoms with Crippen molar-refractivity contribution in [3.05, 3.63) is 35.5 Å². The van der Waals surface area contributed by atoms with E-state index in [1.807, 2.05) is 6.92 Å². The lowest BCUT2D eigenvalue weighted by Crippen LogP contribution is -2.29. The molecule has 0 aliphatic carbocycles. The number of rotatable bonds is 9. The summed E-state index contributed by atoms with van der Waals surface area (Å²) in [4.78, 5) is 12.1. The molecule has 9 heteroatoms. The first-order chi connectivity index (χ1) is 12.3. The highest BCUT2D eigenvalue weighted by Gasteiger charge is 2.29. The molecular weight excluding hydrogens is 356 g/mol. The zero-order chi connectivity index (χ0) is 19.3. The van der Waals surface area contributed by atoms with E-state index >= 15 is 0 Å². The lowest BCUT2D eigenvalue weighted by Gasteiger charge is -2.16. The van der Waals surface area contributed by atoms with Crippen molar-refractivity contribution in [2.24, 2.45) is 0 Å². The quantitative estimate of drug-likeness (QED) is 0.667. The van der Waals surface area contributed by atoms with Crippen LogP contribution in [0, 0.1) is 13.8 Å². The third-order valence-electron chi connectivity index (χ3n) is 4.09. The number of nitrogens with zero attached hydrogens (tertiary/aromatic N) is 3. The van der Waals surface area contributed by atoms with Crippen LogP contribution in [0.1, 0.15) is 36.9 Å². The van der Waals surface area contributed by atoms with E-state index < -0.39 is 10.0 Å². The number of sulfonamides is 1. The Bertz CT molecular complexity index is 840. The van der Waals surface area contributed by atoms with Crippen molar-refractivity contribution in [2.45, 2.75) is 51.6 Å². The molecule has 0 aromatic carbocycles. The fourth-order valence-corrected chi connectivity index (χ4v) is 4.17. The van der Waals surface area contributed by atoms with Gasteiger partial charge < -0.3 is 9.73 Å². The average molecular weight is 382 g/mol. The van der Waals surface area contributed by atoms with E-state index in [9.17, 15) is 13.2 Å². The molecule has 26 heavy (non-hydrogen) atoms. The zero-order valence-electron chi connectivity index (χ0n) is 15.7. The van der Waals surface area contributed by atoms with Crippen molar-refractivity contribution in [3.8, 4) is 0 Å². The van der Waals surface area contributed by atoms with Crippen LogP contribution in [0.5, 0.6) is 0 Å². The van der Waals surface area contributed by atoms with Gasteiger partial charge in [-0.15, -0.1) is 0 Å². The minimum Gasteiger partial charge on any atom is -0.468 e. The van der Waals surface area contributed by atoms with Gasteiger partial charge >= 0.3 is 0 Å². The highest BCUT2D eigenvalue weighted by molar-refractivity contribution is 7.89. The third-order valence-corrected chi connectivity index (χ3v) is 6.14. The Morgan fingerprint density at radius 1 is 1.38 bits per heavy atom. The van der Waals surface area contributed by atoms with Gasteiger partial charge in [0.25, 0.3) is 0 Å². The Kier molecular flexibility index (Phi) is 6.60. The van der Waals surface area contributed by atoms with Gasteiger partial charge in [0.2, 0.25) is 15.9 Å². The number of carbonyl (C=O) groups is 1. The van der Waals surface area contributed by atoms with Crippen LogP contribution >= 0.6 is 0 Å². The molecule has 144 valence electrons. The molecule has 1 N–H and O–H groups in total. The second kappa shape index (κ2) is 8.50. The molecule has 0 saturated heterocycles. The third kappa shape index (κ3) is 4.53. The van der Waals surface area contributed by atoms with Crippen molar-refractivity contribution in [1.82, 2.24) is 19.4 Å². The number of nitrogens with one attached hydrogen (secondary N) is 1. The Labute approximate surface area is 154 Å². The van der Waals surface area contributed by atoms with E-state index in [0.717, 1.165) is 12.8 Å². The predicted octanol–water partition coefficient (Wildman–Crippen LogP) is 1.83. The first kappa shape index (κ1) is 20.2. The number of amides is 1. The Hall–Kier alpha value is -2.13. The maximum atomic E-state index is 12.9. The first-order valence-corrected chi connectivity index (χ1v) is 10.0. The molecule has 0 spiro atoms. The van der Waals surface area contributed by atoms with Crippen molar-refractivity contribution < 1.29 is 17.6 Å². The summed E-state index contributed by atoms with van der Waals surface area (Å²) in [6.45, 7) is 6.05. The van der Waals surface area contributed by atoms with Gasteiger partial charge in [-0.05, 0) is 32.4 Å². The van der Waals surface area contributed by atoms with Crippen LogP contribution < -0.4 is 5.32 Å². The lowest BCUT2D eigenvalue weighted by molar-refractivity contribution is -0.121. The van der Waals surface area contributed by atoms with Gasteiger partial charge in [-0.3, -0.25) is 9.48 Å². The molecule has 0 radical (unpaired) electrons. The minimum atomic E-state index is -3.75. The van der Waals surface area contributed by atoms with Crippen molar-refractivity contribution in [3.63, 3.8) is 0 Å². The number of aryl methyl sites for hydroxylation is 1. The molecule has 0 aliphatic rings. The van der Waals surface area contributed by atoms with Crippen LogP contribution in [-0.2, 0) is 27.9 Å². The molecule has 0 aliphatic heterocycles. The van der Waals surface area contributed by atoms with Gasteiger partial charge in [-0.25, -0.2) is 8.42 Å². The van der Waals surface area contributed by atoms with Crippen LogP contribution in [0.15, 0.2) is 27.7 Å². The molecule has 0 unspecified atom stereocenters. The maximum absolute atomic E-state index is 12.9. The number of aromatic nitrogens is 2. The van der Waals surface area contributed by atoms with E-state index in [1.54, 1.807) is 26.0 Å². The zero-order valence-corrected chi connectivity index (χ0v) is 16.5. The monoisotopic (exact) mass is 382 g/mol. The van der Waals surface area contributed by atoms with Crippen LogP contribution in [0.4, 0.5) is 0 Å². The summed E-state index contributed by atoms with van der Waals surface area (Å²) in [6, 6.07) is 3.43. The van der Waals surface area contributed by atoms with Crippen molar-refractivity contribution >= 4 is 15.9 Å². The standard InChI is InChI=1S/C17H26N4O4S/c1-5-6-9-18-16(22)12-21-14(3)17(13(2)19-21)26(23,24)20(4)11-15-8-7-10-25-15/h7-8,10H,5-6,9,11-12H2,1-4H3,(H,18,22). The van der Waals surface area contributed by atoms with E-state index in [4.69, 9.17) is 4.42 Å². The molecule has 8 nitrogen and oxygen atoms in total. The van der Waals surface area contributed by atoms with Gasteiger partial charge in [0, 0.05) is 13.6 Å². The molecule has 0 bridgehead atoms. The number of unbranched alkanes of at least 4 members (excludes halogenated alkanes) is 1. The second-order valence-corrected chi connectivity index (χ2v) is 8.18. The molecule has 2 rings (SSSR count). The van der Waals surface area contributed by atoms with Crippen LogP contribution in [-0.4, -0.2) is 42.0 Å². The van der Waals surface area contributed by atoms with Crippen LogP contribution in [0.2, 0.25) is 0 Å².